The fourth-order valence-corrected chi connectivity index (χ4v) is 3.45. The molecule has 3 aromatic rings. The lowest BCUT2D eigenvalue weighted by atomic mass is 10.1. The number of fused-ring (bicyclic) bond motifs is 1. The normalized spacial score (nSPS) is 10.5. The van der Waals surface area contributed by atoms with Gasteiger partial charge in [0, 0.05) is 17.3 Å². The number of rotatable bonds is 7. The Morgan fingerprint density at radius 3 is 2.83 bits per heavy atom. The molecule has 0 spiro atoms. The van der Waals surface area contributed by atoms with Crippen molar-refractivity contribution in [2.45, 2.75) is 6.42 Å². The molecule has 0 atom stereocenters. The molecule has 1 N–H and O–H groups in total. The number of ether oxygens (including phenoxy) is 2. The number of hydrogen-bond donors (Lipinski definition) is 1. The molecule has 1 amide bonds. The van der Waals surface area contributed by atoms with Crippen molar-refractivity contribution in [3.8, 4) is 11.5 Å². The summed E-state index contributed by atoms with van der Waals surface area (Å²) in [6, 6.07) is 15.5. The van der Waals surface area contributed by atoms with Crippen LogP contribution in [0.5, 0.6) is 11.5 Å². The van der Waals surface area contributed by atoms with Gasteiger partial charge in [0.2, 0.25) is 0 Å². The van der Waals surface area contributed by atoms with Gasteiger partial charge in [0.15, 0.2) is 6.61 Å². The summed E-state index contributed by atoms with van der Waals surface area (Å²) in [7, 11) is 1.60. The Morgan fingerprint density at radius 1 is 1.12 bits per heavy atom. The Balaban J connectivity index is 1.45. The zero-order valence-corrected chi connectivity index (χ0v) is 14.3. The van der Waals surface area contributed by atoms with Crippen molar-refractivity contribution in [2.24, 2.45) is 0 Å². The van der Waals surface area contributed by atoms with Gasteiger partial charge in [-0.2, -0.15) is 0 Å². The fraction of sp³-hybridized carbons (Fsp3) is 0.211. The molecule has 0 fully saturated rings. The van der Waals surface area contributed by atoms with E-state index in [1.165, 1.54) is 15.6 Å². The molecule has 0 bridgehead atoms. The van der Waals surface area contributed by atoms with Crippen LogP contribution in [0.15, 0.2) is 53.9 Å². The number of carbonyl (C=O) groups excluding carboxylic acids is 1. The van der Waals surface area contributed by atoms with Crippen molar-refractivity contribution in [3.63, 3.8) is 0 Å². The van der Waals surface area contributed by atoms with E-state index in [2.05, 4.69) is 22.8 Å². The molecule has 0 aliphatic rings. The third-order valence-electron chi connectivity index (χ3n) is 3.69. The topological polar surface area (TPSA) is 47.6 Å². The summed E-state index contributed by atoms with van der Waals surface area (Å²) < 4.78 is 11.9. The molecule has 5 heteroatoms. The molecule has 24 heavy (non-hydrogen) atoms. The van der Waals surface area contributed by atoms with Gasteiger partial charge in [-0.25, -0.2) is 0 Å². The molecule has 0 unspecified atom stereocenters. The van der Waals surface area contributed by atoms with Gasteiger partial charge in [0.1, 0.15) is 11.5 Å². The Morgan fingerprint density at radius 2 is 1.96 bits per heavy atom. The predicted molar refractivity (Wildman–Crippen MR) is 97.0 cm³/mol. The first kappa shape index (κ1) is 16.3. The molecule has 0 aliphatic carbocycles. The molecule has 0 radical (unpaired) electrons. The van der Waals surface area contributed by atoms with E-state index in [0.29, 0.717) is 18.0 Å². The number of methoxy groups -OCH3 is 1. The first-order valence-electron chi connectivity index (χ1n) is 7.75. The fourth-order valence-electron chi connectivity index (χ4n) is 2.45. The van der Waals surface area contributed by atoms with E-state index in [9.17, 15) is 4.79 Å². The Labute approximate surface area is 145 Å². The Kier molecular flexibility index (Phi) is 5.33. The first-order valence-corrected chi connectivity index (χ1v) is 8.63. The van der Waals surface area contributed by atoms with E-state index in [-0.39, 0.29) is 12.5 Å². The maximum Gasteiger partial charge on any atom is 0.257 e. The number of hydrogen-bond acceptors (Lipinski definition) is 4. The van der Waals surface area contributed by atoms with E-state index >= 15 is 0 Å². The number of thiophene rings is 1. The average Bonchev–Trinajstić information content (AvgIpc) is 3.03. The van der Waals surface area contributed by atoms with Crippen LogP contribution in [-0.2, 0) is 11.2 Å². The van der Waals surface area contributed by atoms with Gasteiger partial charge in [-0.1, -0.05) is 24.3 Å². The van der Waals surface area contributed by atoms with Crippen LogP contribution in [0.4, 0.5) is 0 Å². The highest BCUT2D eigenvalue weighted by atomic mass is 32.1. The highest BCUT2D eigenvalue weighted by Gasteiger charge is 2.06. The van der Waals surface area contributed by atoms with E-state index in [1.54, 1.807) is 30.6 Å². The Hall–Kier alpha value is -2.53. The van der Waals surface area contributed by atoms with Gasteiger partial charge in [-0.15, -0.1) is 11.3 Å². The van der Waals surface area contributed by atoms with Gasteiger partial charge in [0.05, 0.1) is 7.11 Å². The molecule has 0 saturated heterocycles. The maximum atomic E-state index is 11.9. The van der Waals surface area contributed by atoms with Crippen LogP contribution in [0.3, 0.4) is 0 Å². The van der Waals surface area contributed by atoms with E-state index < -0.39 is 0 Å². The first-order chi connectivity index (χ1) is 11.8. The monoisotopic (exact) mass is 341 g/mol. The summed E-state index contributed by atoms with van der Waals surface area (Å²) in [6.45, 7) is 0.596. The second-order valence-electron chi connectivity index (χ2n) is 5.32. The molecule has 0 saturated carbocycles. The van der Waals surface area contributed by atoms with Gasteiger partial charge >= 0.3 is 0 Å². The third kappa shape index (κ3) is 4.06. The minimum Gasteiger partial charge on any atom is -0.497 e. The minimum atomic E-state index is -0.127. The number of amides is 1. The lowest BCUT2D eigenvalue weighted by Gasteiger charge is -2.08. The van der Waals surface area contributed by atoms with E-state index in [0.717, 1.165) is 6.42 Å². The summed E-state index contributed by atoms with van der Waals surface area (Å²) in [5.41, 5.74) is 1.27. The number of benzene rings is 2. The van der Waals surface area contributed by atoms with Crippen molar-refractivity contribution in [1.29, 1.82) is 0 Å². The molecule has 3 rings (SSSR count). The third-order valence-corrected chi connectivity index (χ3v) is 4.70. The average molecular weight is 341 g/mol. The number of nitrogens with one attached hydrogen (secondary N) is 1. The molecule has 2 aromatic carbocycles. The minimum absolute atomic E-state index is 0.00243. The quantitative estimate of drug-likeness (QED) is 0.714. The largest absolute Gasteiger partial charge is 0.497 e. The molecule has 1 aromatic heterocycles. The van der Waals surface area contributed by atoms with E-state index in [1.807, 2.05) is 24.3 Å². The Bertz CT molecular complexity index is 828. The zero-order chi connectivity index (χ0) is 16.8. The second kappa shape index (κ2) is 7.84. The van der Waals surface area contributed by atoms with Crippen LogP contribution in [-0.4, -0.2) is 26.2 Å². The molecule has 4 nitrogen and oxygen atoms in total. The van der Waals surface area contributed by atoms with Crippen LogP contribution in [0, 0.1) is 0 Å². The van der Waals surface area contributed by atoms with Crippen LogP contribution in [0.25, 0.3) is 10.1 Å². The molecule has 124 valence electrons. The molecule has 0 aliphatic heterocycles. The summed E-state index contributed by atoms with van der Waals surface area (Å²) in [4.78, 5) is 11.9. The number of carbonyl (C=O) groups is 1. The zero-order valence-electron chi connectivity index (χ0n) is 13.5. The molecular formula is C19H19NO3S. The highest BCUT2D eigenvalue weighted by molar-refractivity contribution is 7.17. The molecular weight excluding hydrogens is 322 g/mol. The van der Waals surface area contributed by atoms with E-state index in [4.69, 9.17) is 9.47 Å². The lowest BCUT2D eigenvalue weighted by molar-refractivity contribution is -0.123. The van der Waals surface area contributed by atoms with Crippen LogP contribution >= 0.6 is 11.3 Å². The second-order valence-corrected chi connectivity index (χ2v) is 6.24. The smallest absolute Gasteiger partial charge is 0.257 e. The SMILES string of the molecule is COc1cccc(OCC(=O)NCCc2csc3ccccc23)c1. The summed E-state index contributed by atoms with van der Waals surface area (Å²) in [5, 5.41) is 6.32. The van der Waals surface area contributed by atoms with Crippen molar-refractivity contribution < 1.29 is 14.3 Å². The van der Waals surface area contributed by atoms with Crippen molar-refractivity contribution in [3.05, 3.63) is 59.5 Å². The van der Waals surface area contributed by atoms with Crippen molar-refractivity contribution >= 4 is 27.3 Å². The van der Waals surface area contributed by atoms with Crippen LogP contribution < -0.4 is 14.8 Å². The van der Waals surface area contributed by atoms with Crippen LogP contribution in [0.1, 0.15) is 5.56 Å². The van der Waals surface area contributed by atoms with Gasteiger partial charge in [0.25, 0.3) is 5.91 Å². The van der Waals surface area contributed by atoms with Crippen LogP contribution in [0.2, 0.25) is 0 Å². The summed E-state index contributed by atoms with van der Waals surface area (Å²) >= 11 is 1.73. The maximum absolute atomic E-state index is 11.9. The van der Waals surface area contributed by atoms with Crippen molar-refractivity contribution in [1.82, 2.24) is 5.32 Å². The molecule has 1 heterocycles. The van der Waals surface area contributed by atoms with Gasteiger partial charge < -0.3 is 14.8 Å². The van der Waals surface area contributed by atoms with Gasteiger partial charge in [-0.3, -0.25) is 4.79 Å². The van der Waals surface area contributed by atoms with Crippen molar-refractivity contribution in [2.75, 3.05) is 20.3 Å². The summed E-state index contributed by atoms with van der Waals surface area (Å²) in [6.07, 6.45) is 0.814. The lowest BCUT2D eigenvalue weighted by Crippen LogP contribution is -2.30. The predicted octanol–water partition coefficient (Wildman–Crippen LogP) is 3.65. The standard InChI is InChI=1S/C19H19NO3S/c1-22-15-5-4-6-16(11-15)23-12-19(21)20-10-9-14-13-24-18-8-3-2-7-17(14)18/h2-8,11,13H,9-10,12H2,1H3,(H,20,21). The van der Waals surface area contributed by atoms with Gasteiger partial charge in [-0.05, 0) is 40.9 Å². The summed E-state index contributed by atoms with van der Waals surface area (Å²) in [5.74, 6) is 1.20. The highest BCUT2D eigenvalue weighted by Crippen LogP contribution is 2.25.